The summed E-state index contributed by atoms with van der Waals surface area (Å²) in [5, 5.41) is 12.1. The van der Waals surface area contributed by atoms with Crippen LogP contribution >= 0.6 is 0 Å². The van der Waals surface area contributed by atoms with Crippen molar-refractivity contribution >= 4 is 33.3 Å². The number of ether oxygens (including phenoxy) is 1. The van der Waals surface area contributed by atoms with Crippen LogP contribution in [0.5, 0.6) is 5.75 Å². The van der Waals surface area contributed by atoms with Crippen LogP contribution < -0.4 is 14.8 Å². The first kappa shape index (κ1) is 21.6. The van der Waals surface area contributed by atoms with E-state index in [1.807, 2.05) is 0 Å². The molecule has 0 spiro atoms. The van der Waals surface area contributed by atoms with Gasteiger partial charge in [0, 0.05) is 18.2 Å². The predicted octanol–water partition coefficient (Wildman–Crippen LogP) is 3.39. The third-order valence-electron chi connectivity index (χ3n) is 4.25. The number of anilines is 2. The molecule has 1 heterocycles. The lowest BCUT2D eigenvalue weighted by molar-refractivity contribution is -0.116. The molecule has 0 aliphatic carbocycles. The Kier molecular flexibility index (Phi) is 5.46. The first-order chi connectivity index (χ1) is 13.9. The van der Waals surface area contributed by atoms with E-state index in [0.29, 0.717) is 17.7 Å². The molecule has 0 aromatic heterocycles. The molecule has 10 heteroatoms. The second-order valence-electron chi connectivity index (χ2n) is 7.82. The second-order valence-corrected chi connectivity index (χ2v) is 9.50. The first-order valence-electron chi connectivity index (χ1n) is 9.07. The van der Waals surface area contributed by atoms with E-state index in [1.165, 1.54) is 18.2 Å². The topological polar surface area (TPSA) is 122 Å². The highest BCUT2D eigenvalue weighted by molar-refractivity contribution is 7.92. The summed E-state index contributed by atoms with van der Waals surface area (Å²) < 4.78 is 47.6. The number of nitrogens with one attached hydrogen (secondary N) is 2. The van der Waals surface area contributed by atoms with Crippen LogP contribution in [0, 0.1) is 5.82 Å². The Morgan fingerprint density at radius 1 is 1.20 bits per heavy atom. The Hall–Kier alpha value is -3.14. The van der Waals surface area contributed by atoms with Crippen molar-refractivity contribution in [1.29, 1.82) is 0 Å². The largest absolute Gasteiger partial charge is 0.485 e. The van der Waals surface area contributed by atoms with Gasteiger partial charge in [0.15, 0.2) is 11.6 Å². The zero-order valence-corrected chi connectivity index (χ0v) is 17.4. The molecule has 160 valence electrons. The molecule has 2 aromatic carbocycles. The summed E-state index contributed by atoms with van der Waals surface area (Å²) in [6.07, 6.45) is 0.603. The normalized spacial score (nSPS) is 13.9. The number of carbonyl (C=O) groups excluding carboxylic acids is 1. The molecule has 1 amide bonds. The lowest BCUT2D eigenvalue weighted by Gasteiger charge is -2.22. The van der Waals surface area contributed by atoms with Gasteiger partial charge < -0.3 is 15.2 Å². The number of rotatable bonds is 5. The maximum Gasteiger partial charge on any atom is 0.337 e. The van der Waals surface area contributed by atoms with Crippen LogP contribution in [0.1, 0.15) is 43.1 Å². The number of carboxylic acid groups (broad SMARTS) is 1. The van der Waals surface area contributed by atoms with Crippen molar-refractivity contribution < 1.29 is 32.2 Å². The Balaban J connectivity index is 1.97. The van der Waals surface area contributed by atoms with Crippen molar-refractivity contribution in [3.63, 3.8) is 0 Å². The fraction of sp³-hybridized carbons (Fsp3) is 0.300. The number of hydrogen-bond acceptors (Lipinski definition) is 5. The van der Waals surface area contributed by atoms with Gasteiger partial charge in [0.1, 0.15) is 5.60 Å². The van der Waals surface area contributed by atoms with Crippen LogP contribution in [-0.4, -0.2) is 31.0 Å². The molecule has 1 aliphatic heterocycles. The van der Waals surface area contributed by atoms with Crippen molar-refractivity contribution in [2.75, 3.05) is 10.0 Å². The van der Waals surface area contributed by atoms with E-state index in [2.05, 4.69) is 10.0 Å². The summed E-state index contributed by atoms with van der Waals surface area (Å²) >= 11 is 0. The van der Waals surface area contributed by atoms with E-state index >= 15 is 0 Å². The van der Waals surface area contributed by atoms with Gasteiger partial charge in [0.05, 0.1) is 16.1 Å². The van der Waals surface area contributed by atoms with Gasteiger partial charge in [0.25, 0.3) is 10.0 Å². The maximum absolute atomic E-state index is 14.5. The Labute approximate surface area is 173 Å². The molecule has 0 bridgehead atoms. The lowest BCUT2D eigenvalue weighted by Crippen LogP contribution is -2.24. The van der Waals surface area contributed by atoms with E-state index in [0.717, 1.165) is 12.1 Å². The molecule has 0 saturated carbocycles. The molecular formula is C20H21FN2O6S. The van der Waals surface area contributed by atoms with Crippen LogP contribution in [0.25, 0.3) is 0 Å². The quantitative estimate of drug-likeness (QED) is 0.661. The molecule has 0 saturated heterocycles. The number of aryl methyl sites for hydroxylation is 1. The summed E-state index contributed by atoms with van der Waals surface area (Å²) in [4.78, 5) is 23.0. The molecule has 3 rings (SSSR count). The van der Waals surface area contributed by atoms with Gasteiger partial charge in [-0.25, -0.2) is 17.6 Å². The molecule has 0 fully saturated rings. The maximum atomic E-state index is 14.5. The number of sulfonamides is 1. The molecular weight excluding hydrogens is 415 g/mol. The van der Waals surface area contributed by atoms with Crippen LogP contribution in [-0.2, 0) is 21.2 Å². The van der Waals surface area contributed by atoms with Crippen LogP contribution in [0.4, 0.5) is 15.8 Å². The van der Waals surface area contributed by atoms with Crippen LogP contribution in [0.15, 0.2) is 35.2 Å². The smallest absolute Gasteiger partial charge is 0.337 e. The number of hydrogen-bond donors (Lipinski definition) is 3. The lowest BCUT2D eigenvalue weighted by atomic mass is 10.0. The molecule has 2 aromatic rings. The van der Waals surface area contributed by atoms with Crippen LogP contribution in [0.2, 0.25) is 0 Å². The molecule has 1 aliphatic rings. The molecule has 0 unspecified atom stereocenters. The second kappa shape index (κ2) is 7.60. The Morgan fingerprint density at radius 2 is 1.90 bits per heavy atom. The number of carboxylic acids is 1. The Bertz CT molecular complexity index is 1140. The van der Waals surface area contributed by atoms with Crippen LogP contribution in [0.3, 0.4) is 0 Å². The highest BCUT2D eigenvalue weighted by atomic mass is 32.2. The summed E-state index contributed by atoms with van der Waals surface area (Å²) in [6.45, 7) is 5.01. The van der Waals surface area contributed by atoms with E-state index in [9.17, 15) is 27.5 Å². The molecule has 30 heavy (non-hydrogen) atoms. The van der Waals surface area contributed by atoms with E-state index < -0.39 is 38.7 Å². The van der Waals surface area contributed by atoms with Gasteiger partial charge in [-0.3, -0.25) is 9.52 Å². The van der Waals surface area contributed by atoms with E-state index in [4.69, 9.17) is 4.74 Å². The van der Waals surface area contributed by atoms with Crippen molar-refractivity contribution in [2.45, 2.75) is 44.1 Å². The highest BCUT2D eigenvalue weighted by Gasteiger charge is 2.25. The number of halogens is 1. The SMILES string of the molecule is CC(C)(C)Oc1cc(C(=O)O)c(NS(=O)(=O)c2ccc3c(c2)CCC(=O)N3)cc1F. The summed E-state index contributed by atoms with van der Waals surface area (Å²) in [5.74, 6) is -2.80. The zero-order chi connectivity index (χ0) is 22.3. The van der Waals surface area contributed by atoms with Gasteiger partial charge in [0.2, 0.25) is 5.91 Å². The van der Waals surface area contributed by atoms with Crippen molar-refractivity contribution in [1.82, 2.24) is 0 Å². The molecule has 0 radical (unpaired) electrons. The fourth-order valence-electron chi connectivity index (χ4n) is 2.95. The van der Waals surface area contributed by atoms with Gasteiger partial charge in [-0.05, 0) is 57.0 Å². The third kappa shape index (κ3) is 4.70. The monoisotopic (exact) mass is 436 g/mol. The number of carbonyl (C=O) groups is 2. The number of benzene rings is 2. The highest BCUT2D eigenvalue weighted by Crippen LogP contribution is 2.31. The van der Waals surface area contributed by atoms with E-state index in [-0.39, 0.29) is 23.0 Å². The Morgan fingerprint density at radius 3 is 2.53 bits per heavy atom. The number of amides is 1. The summed E-state index contributed by atoms with van der Waals surface area (Å²) in [5.41, 5.74) is -0.505. The summed E-state index contributed by atoms with van der Waals surface area (Å²) in [6, 6.07) is 5.86. The minimum Gasteiger partial charge on any atom is -0.485 e. The van der Waals surface area contributed by atoms with Gasteiger partial charge in [-0.1, -0.05) is 0 Å². The fourth-order valence-corrected chi connectivity index (χ4v) is 4.07. The minimum absolute atomic E-state index is 0.135. The average molecular weight is 436 g/mol. The van der Waals surface area contributed by atoms with Gasteiger partial charge in [-0.2, -0.15) is 0 Å². The van der Waals surface area contributed by atoms with Crippen molar-refractivity contribution in [3.8, 4) is 5.75 Å². The average Bonchev–Trinajstić information content (AvgIpc) is 2.61. The van der Waals surface area contributed by atoms with Crippen molar-refractivity contribution in [2.24, 2.45) is 0 Å². The third-order valence-corrected chi connectivity index (χ3v) is 5.61. The standard InChI is InChI=1S/C20H21FN2O6S/c1-20(2,3)29-17-9-13(19(25)26)16(10-14(17)21)23-30(27,28)12-5-6-15-11(8-12)4-7-18(24)22-15/h5-6,8-10,23H,4,7H2,1-3H3,(H,22,24)(H,25,26). The van der Waals surface area contributed by atoms with Gasteiger partial charge >= 0.3 is 5.97 Å². The zero-order valence-electron chi connectivity index (χ0n) is 16.6. The molecule has 0 atom stereocenters. The predicted molar refractivity (Wildman–Crippen MR) is 108 cm³/mol. The minimum atomic E-state index is -4.21. The van der Waals surface area contributed by atoms with E-state index in [1.54, 1.807) is 20.8 Å². The molecule has 8 nitrogen and oxygen atoms in total. The van der Waals surface area contributed by atoms with Gasteiger partial charge in [-0.15, -0.1) is 0 Å². The first-order valence-corrected chi connectivity index (χ1v) is 10.6. The summed E-state index contributed by atoms with van der Waals surface area (Å²) in [7, 11) is -4.21. The number of fused-ring (bicyclic) bond motifs is 1. The molecule has 3 N–H and O–H groups in total. The number of aromatic carboxylic acids is 1. The van der Waals surface area contributed by atoms with Crippen molar-refractivity contribution in [3.05, 3.63) is 47.3 Å².